The van der Waals surface area contributed by atoms with Crippen LogP contribution in [0.4, 0.5) is 5.69 Å². The Labute approximate surface area is 180 Å². The summed E-state index contributed by atoms with van der Waals surface area (Å²) in [4.78, 5) is 7.11. The highest BCUT2D eigenvalue weighted by atomic mass is 32.1. The van der Waals surface area contributed by atoms with Crippen molar-refractivity contribution < 1.29 is 9.47 Å². The average Bonchev–Trinajstić information content (AvgIpc) is 3.50. The van der Waals surface area contributed by atoms with E-state index < -0.39 is 0 Å². The summed E-state index contributed by atoms with van der Waals surface area (Å²) in [5.74, 6) is 1.33. The highest BCUT2D eigenvalue weighted by Gasteiger charge is 2.16. The van der Waals surface area contributed by atoms with Crippen molar-refractivity contribution in [2.24, 2.45) is 0 Å². The van der Waals surface area contributed by atoms with E-state index in [1.807, 2.05) is 35.7 Å². The van der Waals surface area contributed by atoms with Gasteiger partial charge in [0.2, 0.25) is 0 Å². The van der Waals surface area contributed by atoms with Gasteiger partial charge in [-0.05, 0) is 48.7 Å². The molecule has 1 fully saturated rings. The molecule has 5 nitrogen and oxygen atoms in total. The summed E-state index contributed by atoms with van der Waals surface area (Å²) in [5, 5.41) is 12.5. The second kappa shape index (κ2) is 9.02. The SMILES string of the molecule is COc1ccc(-c2csc(/C(C#N)=C/c3ccccc3N3CCCC3)n2)cc1OC. The molecule has 1 aromatic heterocycles. The maximum Gasteiger partial charge on any atom is 0.161 e. The number of allylic oxidation sites excluding steroid dienone is 1. The minimum Gasteiger partial charge on any atom is -0.493 e. The number of ether oxygens (including phenoxy) is 2. The minimum absolute atomic E-state index is 0.568. The van der Waals surface area contributed by atoms with Crippen LogP contribution in [0.5, 0.6) is 11.5 Å². The zero-order chi connectivity index (χ0) is 20.9. The second-order valence-electron chi connectivity index (χ2n) is 7.03. The Kier molecular flexibility index (Phi) is 6.01. The number of hydrogen-bond donors (Lipinski definition) is 0. The van der Waals surface area contributed by atoms with E-state index in [1.54, 1.807) is 14.2 Å². The van der Waals surface area contributed by atoms with Gasteiger partial charge in [0.1, 0.15) is 11.1 Å². The lowest BCUT2D eigenvalue weighted by Gasteiger charge is -2.20. The smallest absolute Gasteiger partial charge is 0.161 e. The molecule has 0 N–H and O–H groups in total. The largest absolute Gasteiger partial charge is 0.493 e. The van der Waals surface area contributed by atoms with Crippen molar-refractivity contribution in [1.29, 1.82) is 5.26 Å². The monoisotopic (exact) mass is 417 g/mol. The third-order valence-corrected chi connectivity index (χ3v) is 6.09. The summed E-state index contributed by atoms with van der Waals surface area (Å²) in [5.41, 5.74) is 4.53. The van der Waals surface area contributed by atoms with Crippen LogP contribution in [0.3, 0.4) is 0 Å². The summed E-state index contributed by atoms with van der Waals surface area (Å²) >= 11 is 1.47. The van der Waals surface area contributed by atoms with Crippen LogP contribution in [0.1, 0.15) is 23.4 Å². The van der Waals surface area contributed by atoms with Gasteiger partial charge in [-0.2, -0.15) is 5.26 Å². The van der Waals surface area contributed by atoms with Gasteiger partial charge in [-0.15, -0.1) is 11.3 Å². The molecule has 0 unspecified atom stereocenters. The van der Waals surface area contributed by atoms with Gasteiger partial charge >= 0.3 is 0 Å². The maximum atomic E-state index is 9.83. The predicted octanol–water partition coefficient (Wildman–Crippen LogP) is 5.49. The number of anilines is 1. The fourth-order valence-electron chi connectivity index (χ4n) is 3.68. The van der Waals surface area contributed by atoms with E-state index in [2.05, 4.69) is 29.2 Å². The quantitative estimate of drug-likeness (QED) is 0.496. The van der Waals surface area contributed by atoms with Crippen LogP contribution in [0.15, 0.2) is 47.8 Å². The molecule has 6 heteroatoms. The Hall–Kier alpha value is -3.30. The van der Waals surface area contributed by atoms with E-state index in [1.165, 1.54) is 29.9 Å². The average molecular weight is 418 g/mol. The fourth-order valence-corrected chi connectivity index (χ4v) is 4.47. The Morgan fingerprint density at radius 2 is 1.87 bits per heavy atom. The van der Waals surface area contributed by atoms with Gasteiger partial charge < -0.3 is 14.4 Å². The molecule has 1 aliphatic heterocycles. The zero-order valence-corrected chi connectivity index (χ0v) is 17.9. The van der Waals surface area contributed by atoms with Gasteiger partial charge in [0.15, 0.2) is 11.5 Å². The molecular weight excluding hydrogens is 394 g/mol. The zero-order valence-electron chi connectivity index (χ0n) is 17.1. The van der Waals surface area contributed by atoms with Crippen LogP contribution >= 0.6 is 11.3 Å². The lowest BCUT2D eigenvalue weighted by atomic mass is 10.1. The van der Waals surface area contributed by atoms with Crippen molar-refractivity contribution in [1.82, 2.24) is 4.98 Å². The Morgan fingerprint density at radius 1 is 1.10 bits per heavy atom. The van der Waals surface area contributed by atoms with Crippen molar-refractivity contribution in [3.8, 4) is 28.8 Å². The molecule has 0 radical (unpaired) electrons. The second-order valence-corrected chi connectivity index (χ2v) is 7.89. The van der Waals surface area contributed by atoms with E-state index >= 15 is 0 Å². The molecule has 1 saturated heterocycles. The number of aromatic nitrogens is 1. The summed E-state index contributed by atoms with van der Waals surface area (Å²) < 4.78 is 10.7. The summed E-state index contributed by atoms with van der Waals surface area (Å²) in [7, 11) is 3.23. The first-order valence-corrected chi connectivity index (χ1v) is 10.8. The van der Waals surface area contributed by atoms with Gasteiger partial charge in [-0.3, -0.25) is 0 Å². The first-order chi connectivity index (χ1) is 14.7. The molecule has 2 heterocycles. The summed E-state index contributed by atoms with van der Waals surface area (Å²) in [6.45, 7) is 2.13. The third kappa shape index (κ3) is 4.03. The first kappa shape index (κ1) is 20.0. The molecular formula is C24H23N3O2S. The Balaban J connectivity index is 1.67. The number of para-hydroxylation sites is 1. The standard InChI is InChI=1S/C24H23N3O2S/c1-28-22-10-9-17(14-23(22)29-2)20-16-30-24(26-20)19(15-25)13-18-7-3-4-8-21(18)27-11-5-6-12-27/h3-4,7-10,13-14,16H,5-6,11-12H2,1-2H3/b19-13+. The van der Waals surface area contributed by atoms with Crippen molar-refractivity contribution in [3.05, 3.63) is 58.4 Å². The number of rotatable bonds is 6. The van der Waals surface area contributed by atoms with E-state index in [4.69, 9.17) is 14.5 Å². The molecule has 0 amide bonds. The van der Waals surface area contributed by atoms with E-state index in [0.717, 1.165) is 29.9 Å². The number of thiazole rings is 1. The lowest BCUT2D eigenvalue weighted by Crippen LogP contribution is -2.18. The van der Waals surface area contributed by atoms with Gasteiger partial charge in [-0.25, -0.2) is 4.98 Å². The number of benzene rings is 2. The van der Waals surface area contributed by atoms with Gasteiger partial charge in [0, 0.05) is 29.7 Å². The van der Waals surface area contributed by atoms with Crippen LogP contribution < -0.4 is 14.4 Å². The molecule has 0 bridgehead atoms. The van der Waals surface area contributed by atoms with Crippen molar-refractivity contribution in [2.75, 3.05) is 32.2 Å². The van der Waals surface area contributed by atoms with Gasteiger partial charge in [0.25, 0.3) is 0 Å². The summed E-state index contributed by atoms with van der Waals surface area (Å²) in [6.07, 6.45) is 4.37. The van der Waals surface area contributed by atoms with Crippen molar-refractivity contribution >= 4 is 28.7 Å². The van der Waals surface area contributed by atoms with E-state index in [0.29, 0.717) is 22.1 Å². The normalized spacial score (nSPS) is 13.9. The first-order valence-electron chi connectivity index (χ1n) is 9.87. The van der Waals surface area contributed by atoms with E-state index in [9.17, 15) is 5.26 Å². The molecule has 0 saturated carbocycles. The number of nitrogens with zero attached hydrogens (tertiary/aromatic N) is 3. The maximum absolute atomic E-state index is 9.83. The van der Waals surface area contributed by atoms with Crippen LogP contribution in [0.2, 0.25) is 0 Å². The van der Waals surface area contributed by atoms with Crippen molar-refractivity contribution in [3.63, 3.8) is 0 Å². The highest BCUT2D eigenvalue weighted by molar-refractivity contribution is 7.11. The molecule has 30 heavy (non-hydrogen) atoms. The van der Waals surface area contributed by atoms with Crippen LogP contribution in [0, 0.1) is 11.3 Å². The highest BCUT2D eigenvalue weighted by Crippen LogP contribution is 2.34. The molecule has 4 rings (SSSR count). The molecule has 3 aromatic rings. The van der Waals surface area contributed by atoms with Crippen LogP contribution in [-0.2, 0) is 0 Å². The molecule has 2 aromatic carbocycles. The van der Waals surface area contributed by atoms with Gasteiger partial charge in [-0.1, -0.05) is 18.2 Å². The lowest BCUT2D eigenvalue weighted by molar-refractivity contribution is 0.355. The number of methoxy groups -OCH3 is 2. The predicted molar refractivity (Wildman–Crippen MR) is 122 cm³/mol. The van der Waals surface area contributed by atoms with E-state index in [-0.39, 0.29) is 0 Å². The molecule has 0 atom stereocenters. The van der Waals surface area contributed by atoms with Crippen molar-refractivity contribution in [2.45, 2.75) is 12.8 Å². The Morgan fingerprint density at radius 3 is 2.60 bits per heavy atom. The Bertz CT molecular complexity index is 1110. The number of hydrogen-bond acceptors (Lipinski definition) is 6. The minimum atomic E-state index is 0.568. The molecule has 1 aliphatic rings. The molecule has 0 spiro atoms. The fraction of sp³-hybridized carbons (Fsp3) is 0.250. The van der Waals surface area contributed by atoms with Gasteiger partial charge in [0.05, 0.1) is 25.5 Å². The number of nitriles is 1. The van der Waals surface area contributed by atoms with Crippen LogP contribution in [-0.4, -0.2) is 32.3 Å². The van der Waals surface area contributed by atoms with Crippen LogP contribution in [0.25, 0.3) is 22.9 Å². The molecule has 152 valence electrons. The molecule has 0 aliphatic carbocycles. The third-order valence-electron chi connectivity index (χ3n) is 5.22. The topological polar surface area (TPSA) is 58.4 Å². The summed E-state index contributed by atoms with van der Waals surface area (Å²) in [6, 6.07) is 16.3.